The fourth-order valence-corrected chi connectivity index (χ4v) is 3.41. The third kappa shape index (κ3) is 6.67. The van der Waals surface area contributed by atoms with Crippen molar-refractivity contribution in [2.75, 3.05) is 18.6 Å². The van der Waals surface area contributed by atoms with Crippen LogP contribution in [-0.4, -0.2) is 29.9 Å². The number of alkyl halides is 3. The van der Waals surface area contributed by atoms with Gasteiger partial charge < -0.3 is 9.47 Å². The van der Waals surface area contributed by atoms with Gasteiger partial charge in [-0.3, -0.25) is 14.3 Å². The van der Waals surface area contributed by atoms with Gasteiger partial charge in [0.1, 0.15) is 5.60 Å². The smallest absolute Gasteiger partial charge is 0.416 e. The van der Waals surface area contributed by atoms with Crippen LogP contribution in [0, 0.1) is 5.41 Å². The number of halogens is 3. The molecule has 0 fully saturated rings. The number of hydrogen-bond acceptors (Lipinski definition) is 4. The number of carbonyl (C=O) groups excluding carboxylic acids is 1. The molecule has 0 aliphatic carbocycles. The molecular formula is C25H35F3N2O4. The molecule has 0 N–H and O–H groups in total. The molecule has 190 valence electrons. The first-order valence-corrected chi connectivity index (χ1v) is 11.3. The Hall–Kier alpha value is -2.71. The number of pyridine rings is 1. The van der Waals surface area contributed by atoms with Gasteiger partial charge >= 0.3 is 12.3 Å². The number of ether oxygens (including phenoxy) is 2. The lowest BCUT2D eigenvalue weighted by Crippen LogP contribution is -2.39. The van der Waals surface area contributed by atoms with Crippen LogP contribution in [0.5, 0.6) is 5.75 Å². The van der Waals surface area contributed by atoms with E-state index in [-0.39, 0.29) is 35.5 Å². The fourth-order valence-electron chi connectivity index (χ4n) is 3.41. The lowest BCUT2D eigenvalue weighted by molar-refractivity contribution is -0.137. The summed E-state index contributed by atoms with van der Waals surface area (Å²) >= 11 is 0. The molecule has 0 bridgehead atoms. The molecule has 0 unspecified atom stereocenters. The highest BCUT2D eigenvalue weighted by Gasteiger charge is 2.33. The Kier molecular flexibility index (Phi) is 8.00. The molecule has 1 aromatic heterocycles. The van der Waals surface area contributed by atoms with Crippen molar-refractivity contribution in [2.24, 2.45) is 5.41 Å². The summed E-state index contributed by atoms with van der Waals surface area (Å²) in [5.74, 6) is 0.326. The van der Waals surface area contributed by atoms with E-state index >= 15 is 0 Å². The summed E-state index contributed by atoms with van der Waals surface area (Å²) in [6.07, 6.45) is -3.79. The molecule has 2 aromatic rings. The molecule has 0 aliphatic heterocycles. The number of fused-ring (bicyclic) bond motifs is 1. The number of amides is 1. The molecule has 34 heavy (non-hydrogen) atoms. The largest absolute Gasteiger partial charge is 0.489 e. The maximum Gasteiger partial charge on any atom is 0.416 e. The molecule has 2 rings (SSSR count). The average molecular weight is 485 g/mol. The van der Waals surface area contributed by atoms with Crippen LogP contribution in [-0.2, 0) is 17.5 Å². The second-order valence-electron chi connectivity index (χ2n) is 10.6. The molecule has 0 spiro atoms. The lowest BCUT2D eigenvalue weighted by atomic mass is 9.96. The Bertz CT molecular complexity index is 1090. The van der Waals surface area contributed by atoms with E-state index in [1.165, 1.54) is 22.6 Å². The van der Waals surface area contributed by atoms with E-state index in [4.69, 9.17) is 9.47 Å². The van der Waals surface area contributed by atoms with Gasteiger partial charge in [0.05, 0.1) is 17.6 Å². The molecule has 0 saturated heterocycles. The van der Waals surface area contributed by atoms with E-state index in [9.17, 15) is 22.8 Å². The van der Waals surface area contributed by atoms with E-state index < -0.39 is 34.4 Å². The van der Waals surface area contributed by atoms with Gasteiger partial charge in [0.2, 0.25) is 0 Å². The van der Waals surface area contributed by atoms with Gasteiger partial charge in [-0.15, -0.1) is 0 Å². The second-order valence-corrected chi connectivity index (χ2v) is 10.6. The quantitative estimate of drug-likeness (QED) is 0.433. The molecule has 1 aromatic carbocycles. The Balaban J connectivity index is 2.92. The number of unbranched alkanes of at least 4 members (excludes halogenated alkanes) is 1. The summed E-state index contributed by atoms with van der Waals surface area (Å²) in [5, 5.41) is 0.0941. The predicted octanol–water partition coefficient (Wildman–Crippen LogP) is 6.62. The second kappa shape index (κ2) is 9.88. The zero-order valence-electron chi connectivity index (χ0n) is 21.2. The van der Waals surface area contributed by atoms with Crippen LogP contribution in [0.3, 0.4) is 0 Å². The lowest BCUT2D eigenvalue weighted by Gasteiger charge is -2.31. The highest BCUT2D eigenvalue weighted by Crippen LogP contribution is 2.39. The summed E-state index contributed by atoms with van der Waals surface area (Å²) in [5.41, 5.74) is -2.78. The van der Waals surface area contributed by atoms with Crippen LogP contribution in [0.15, 0.2) is 23.0 Å². The number of carbonyl (C=O) groups is 1. The molecule has 0 saturated carbocycles. The molecule has 6 nitrogen and oxygen atoms in total. The Morgan fingerprint density at radius 1 is 1.06 bits per heavy atom. The topological polar surface area (TPSA) is 60.8 Å². The summed E-state index contributed by atoms with van der Waals surface area (Å²) in [7, 11) is 1.46. The molecule has 1 amide bonds. The Morgan fingerprint density at radius 3 is 2.18 bits per heavy atom. The number of hydrogen-bond donors (Lipinski definition) is 0. The minimum Gasteiger partial charge on any atom is -0.489 e. The third-order valence-electron chi connectivity index (χ3n) is 4.89. The first-order chi connectivity index (χ1) is 15.5. The molecular weight excluding hydrogens is 449 g/mol. The van der Waals surface area contributed by atoms with Crippen LogP contribution in [0.1, 0.15) is 66.9 Å². The van der Waals surface area contributed by atoms with Gasteiger partial charge in [0.25, 0.3) is 5.56 Å². The fraction of sp³-hybridized carbons (Fsp3) is 0.600. The SMILES string of the molecule is CCCCOc1c(N(C)C(=O)OC(C)(C)C)n(CC(C)(C)C)c(=O)c2cc(C(F)(F)F)ccc12. The number of benzene rings is 1. The van der Waals surface area contributed by atoms with Crippen LogP contribution < -0.4 is 15.2 Å². The van der Waals surface area contributed by atoms with Crippen molar-refractivity contribution in [3.63, 3.8) is 0 Å². The van der Waals surface area contributed by atoms with E-state index in [1.807, 2.05) is 27.7 Å². The van der Waals surface area contributed by atoms with E-state index in [0.717, 1.165) is 18.6 Å². The summed E-state index contributed by atoms with van der Waals surface area (Å²) in [4.78, 5) is 27.7. The van der Waals surface area contributed by atoms with Crippen molar-refractivity contribution in [1.29, 1.82) is 0 Å². The molecule has 0 aliphatic rings. The minimum atomic E-state index is -4.61. The summed E-state index contributed by atoms with van der Waals surface area (Å²) in [6.45, 7) is 13.2. The van der Waals surface area contributed by atoms with Crippen molar-refractivity contribution in [3.05, 3.63) is 34.1 Å². The number of nitrogens with zero attached hydrogens (tertiary/aromatic N) is 2. The van der Waals surface area contributed by atoms with Crippen molar-refractivity contribution >= 4 is 22.7 Å². The summed E-state index contributed by atoms with van der Waals surface area (Å²) in [6, 6.07) is 3.00. The van der Waals surface area contributed by atoms with Crippen molar-refractivity contribution in [2.45, 2.75) is 79.6 Å². The van der Waals surface area contributed by atoms with E-state index in [2.05, 4.69) is 0 Å². The zero-order chi connectivity index (χ0) is 26.1. The normalized spacial score (nSPS) is 12.7. The molecule has 1 heterocycles. The van der Waals surface area contributed by atoms with Gasteiger partial charge in [-0.05, 0) is 50.8 Å². The van der Waals surface area contributed by atoms with Crippen LogP contribution >= 0.6 is 0 Å². The highest BCUT2D eigenvalue weighted by atomic mass is 19.4. The Labute approximate surface area is 198 Å². The summed E-state index contributed by atoms with van der Waals surface area (Å²) < 4.78 is 53.1. The van der Waals surface area contributed by atoms with Gasteiger partial charge in [0, 0.05) is 19.0 Å². The number of anilines is 1. The average Bonchev–Trinajstić information content (AvgIpc) is 2.67. The van der Waals surface area contributed by atoms with Gasteiger partial charge in [0.15, 0.2) is 11.6 Å². The van der Waals surface area contributed by atoms with Crippen LogP contribution in [0.4, 0.5) is 23.8 Å². The van der Waals surface area contributed by atoms with Gasteiger partial charge in [-0.1, -0.05) is 34.1 Å². The molecule has 0 atom stereocenters. The zero-order valence-corrected chi connectivity index (χ0v) is 21.2. The van der Waals surface area contributed by atoms with Gasteiger partial charge in [-0.2, -0.15) is 13.2 Å². The standard InChI is InChI=1S/C25H35F3N2O4/c1-9-10-13-33-19-17-12-11-16(25(26,27)28)14-18(17)21(31)30(15-23(2,3)4)20(19)29(8)22(32)34-24(5,6)7/h11-12,14H,9-10,13,15H2,1-8H3. The first kappa shape index (κ1) is 27.5. The van der Waals surface area contributed by atoms with Crippen molar-refractivity contribution in [3.8, 4) is 5.75 Å². The molecule has 0 radical (unpaired) electrons. The van der Waals surface area contributed by atoms with Crippen LogP contribution in [0.2, 0.25) is 0 Å². The number of rotatable bonds is 6. The monoisotopic (exact) mass is 484 g/mol. The Morgan fingerprint density at radius 2 is 1.68 bits per heavy atom. The van der Waals surface area contributed by atoms with Crippen LogP contribution in [0.25, 0.3) is 10.8 Å². The van der Waals surface area contributed by atoms with Crippen molar-refractivity contribution in [1.82, 2.24) is 4.57 Å². The molecule has 9 heteroatoms. The van der Waals surface area contributed by atoms with E-state index in [0.29, 0.717) is 6.42 Å². The maximum absolute atomic E-state index is 13.6. The first-order valence-electron chi connectivity index (χ1n) is 11.3. The maximum atomic E-state index is 13.6. The minimum absolute atomic E-state index is 0.119. The predicted molar refractivity (Wildman–Crippen MR) is 128 cm³/mol. The van der Waals surface area contributed by atoms with Gasteiger partial charge in [-0.25, -0.2) is 4.79 Å². The number of aromatic nitrogens is 1. The third-order valence-corrected chi connectivity index (χ3v) is 4.89. The van der Waals surface area contributed by atoms with E-state index in [1.54, 1.807) is 20.8 Å². The highest BCUT2D eigenvalue weighted by molar-refractivity contribution is 5.97. The van der Waals surface area contributed by atoms with Crippen molar-refractivity contribution < 1.29 is 27.4 Å².